The maximum absolute atomic E-state index is 14.7. The fourth-order valence-electron chi connectivity index (χ4n) is 3.97. The van der Waals surface area contributed by atoms with E-state index in [2.05, 4.69) is 27.0 Å². The summed E-state index contributed by atoms with van der Waals surface area (Å²) in [6, 6.07) is 11.8. The van der Waals surface area contributed by atoms with Crippen molar-refractivity contribution in [3.63, 3.8) is 0 Å². The summed E-state index contributed by atoms with van der Waals surface area (Å²) in [5.41, 5.74) is 5.18. The third-order valence-electron chi connectivity index (χ3n) is 5.21. The lowest BCUT2D eigenvalue weighted by Gasteiger charge is -2.27. The fourth-order valence-corrected chi connectivity index (χ4v) is 3.97. The van der Waals surface area contributed by atoms with Gasteiger partial charge in [0.05, 0.1) is 23.4 Å². The Balaban J connectivity index is 1.65. The Morgan fingerprint density at radius 1 is 1.26 bits per heavy atom. The number of imidazole rings is 1. The molecule has 1 aromatic heterocycles. The number of carbonyl (C=O) groups is 1. The number of hydrogen-bond acceptors (Lipinski definition) is 3. The standard InChI is InChI=1S/C22H22FN3O/c1-14(10-15(2)27)18-7-6-17(12-19(18)23)26-9-3-4-22(26)16-5-8-20-21(11-16)25-13-24-20/h5-8,10-13,22H,3-4,9H2,1-2H3,(H,24,25)/b14-10+. The largest absolute Gasteiger partial charge is 0.364 e. The molecular formula is C22H22FN3O. The number of H-pyrrole nitrogens is 1. The molecule has 4 rings (SSSR count). The minimum Gasteiger partial charge on any atom is -0.364 e. The highest BCUT2D eigenvalue weighted by Gasteiger charge is 2.27. The van der Waals surface area contributed by atoms with Crippen LogP contribution in [0.25, 0.3) is 16.6 Å². The van der Waals surface area contributed by atoms with Crippen molar-refractivity contribution in [3.8, 4) is 0 Å². The number of aromatic nitrogens is 2. The first kappa shape index (κ1) is 17.5. The highest BCUT2D eigenvalue weighted by molar-refractivity contribution is 5.94. The topological polar surface area (TPSA) is 49.0 Å². The summed E-state index contributed by atoms with van der Waals surface area (Å²) in [6.45, 7) is 4.13. The van der Waals surface area contributed by atoms with E-state index < -0.39 is 0 Å². The molecule has 138 valence electrons. The number of hydrogen-bond donors (Lipinski definition) is 1. The van der Waals surface area contributed by atoms with Crippen LogP contribution in [0.2, 0.25) is 0 Å². The molecule has 0 spiro atoms. The van der Waals surface area contributed by atoms with Crippen LogP contribution in [0.1, 0.15) is 43.9 Å². The molecule has 27 heavy (non-hydrogen) atoms. The number of allylic oxidation sites excluding steroid dienone is 2. The average Bonchev–Trinajstić information content (AvgIpc) is 3.29. The molecule has 1 unspecified atom stereocenters. The zero-order valence-electron chi connectivity index (χ0n) is 15.5. The highest BCUT2D eigenvalue weighted by atomic mass is 19.1. The molecule has 0 aliphatic carbocycles. The van der Waals surface area contributed by atoms with Crippen LogP contribution in [0, 0.1) is 5.82 Å². The zero-order chi connectivity index (χ0) is 19.0. The fraction of sp³-hybridized carbons (Fsp3) is 0.273. The summed E-state index contributed by atoms with van der Waals surface area (Å²) < 4.78 is 14.7. The molecule has 0 amide bonds. The van der Waals surface area contributed by atoms with Gasteiger partial charge in [-0.1, -0.05) is 6.07 Å². The lowest BCUT2D eigenvalue weighted by atomic mass is 10.0. The number of benzene rings is 2. The van der Waals surface area contributed by atoms with Gasteiger partial charge in [-0.15, -0.1) is 0 Å². The van der Waals surface area contributed by atoms with Crippen molar-refractivity contribution in [2.75, 3.05) is 11.4 Å². The van der Waals surface area contributed by atoms with Gasteiger partial charge in [0.2, 0.25) is 0 Å². The predicted molar refractivity (Wildman–Crippen MR) is 106 cm³/mol. The van der Waals surface area contributed by atoms with E-state index in [9.17, 15) is 9.18 Å². The Morgan fingerprint density at radius 3 is 2.89 bits per heavy atom. The molecule has 1 saturated heterocycles. The second kappa shape index (κ2) is 6.99. The van der Waals surface area contributed by atoms with Gasteiger partial charge >= 0.3 is 0 Å². The van der Waals surface area contributed by atoms with Crippen molar-refractivity contribution >= 4 is 28.1 Å². The average molecular weight is 363 g/mol. The summed E-state index contributed by atoms with van der Waals surface area (Å²) in [7, 11) is 0. The maximum atomic E-state index is 14.7. The molecule has 1 atom stereocenters. The van der Waals surface area contributed by atoms with E-state index in [1.165, 1.54) is 18.6 Å². The van der Waals surface area contributed by atoms with Crippen LogP contribution >= 0.6 is 0 Å². The maximum Gasteiger partial charge on any atom is 0.152 e. The third kappa shape index (κ3) is 3.37. The van der Waals surface area contributed by atoms with E-state index in [1.807, 2.05) is 12.1 Å². The van der Waals surface area contributed by atoms with E-state index in [1.54, 1.807) is 25.4 Å². The Morgan fingerprint density at radius 2 is 2.11 bits per heavy atom. The minimum atomic E-state index is -0.294. The molecule has 2 aromatic carbocycles. The number of carbonyl (C=O) groups excluding carboxylic acids is 1. The Kier molecular flexibility index (Phi) is 4.52. The molecule has 1 fully saturated rings. The quantitative estimate of drug-likeness (QED) is 0.661. The Labute approximate surface area is 157 Å². The van der Waals surface area contributed by atoms with Crippen molar-refractivity contribution in [1.82, 2.24) is 9.97 Å². The van der Waals surface area contributed by atoms with Crippen molar-refractivity contribution < 1.29 is 9.18 Å². The normalized spacial score (nSPS) is 17.7. The summed E-state index contributed by atoms with van der Waals surface area (Å²) in [4.78, 5) is 21.0. The summed E-state index contributed by atoms with van der Waals surface area (Å²) in [6.07, 6.45) is 5.27. The monoisotopic (exact) mass is 363 g/mol. The zero-order valence-corrected chi connectivity index (χ0v) is 15.5. The summed E-state index contributed by atoms with van der Waals surface area (Å²) in [5, 5.41) is 0. The predicted octanol–water partition coefficient (Wildman–Crippen LogP) is 5.04. The number of fused-ring (bicyclic) bond motifs is 1. The second-order valence-electron chi connectivity index (χ2n) is 7.13. The van der Waals surface area contributed by atoms with Crippen LogP contribution in [0.5, 0.6) is 0 Å². The molecule has 1 N–H and O–H groups in total. The van der Waals surface area contributed by atoms with Gasteiger partial charge in [-0.3, -0.25) is 4.79 Å². The molecule has 2 heterocycles. The van der Waals surface area contributed by atoms with Crippen LogP contribution in [0.4, 0.5) is 10.1 Å². The Hall–Kier alpha value is -2.95. The second-order valence-corrected chi connectivity index (χ2v) is 7.13. The van der Waals surface area contributed by atoms with E-state index in [4.69, 9.17) is 0 Å². The third-order valence-corrected chi connectivity index (χ3v) is 5.21. The van der Waals surface area contributed by atoms with Crippen LogP contribution in [-0.4, -0.2) is 22.3 Å². The lowest BCUT2D eigenvalue weighted by molar-refractivity contribution is -0.112. The van der Waals surface area contributed by atoms with Gasteiger partial charge in [0.15, 0.2) is 5.78 Å². The molecular weight excluding hydrogens is 341 g/mol. The highest BCUT2D eigenvalue weighted by Crippen LogP contribution is 2.37. The van der Waals surface area contributed by atoms with Gasteiger partial charge in [0, 0.05) is 17.8 Å². The van der Waals surface area contributed by atoms with Gasteiger partial charge in [-0.05, 0) is 74.2 Å². The first-order valence-electron chi connectivity index (χ1n) is 9.21. The van der Waals surface area contributed by atoms with Crippen molar-refractivity contribution in [1.29, 1.82) is 0 Å². The van der Waals surface area contributed by atoms with Crippen molar-refractivity contribution in [2.45, 2.75) is 32.7 Å². The van der Waals surface area contributed by atoms with Crippen LogP contribution in [0.15, 0.2) is 48.8 Å². The van der Waals surface area contributed by atoms with E-state index in [-0.39, 0.29) is 17.6 Å². The first-order valence-corrected chi connectivity index (χ1v) is 9.21. The molecule has 0 saturated carbocycles. The van der Waals surface area contributed by atoms with Crippen LogP contribution in [0.3, 0.4) is 0 Å². The molecule has 3 aromatic rings. The number of rotatable bonds is 4. The van der Waals surface area contributed by atoms with Gasteiger partial charge in [-0.25, -0.2) is 9.37 Å². The number of nitrogens with one attached hydrogen (secondary N) is 1. The number of halogens is 1. The van der Waals surface area contributed by atoms with Crippen LogP contribution in [-0.2, 0) is 4.79 Å². The summed E-state index contributed by atoms with van der Waals surface area (Å²) in [5.74, 6) is -0.373. The SMILES string of the molecule is CC(=O)/C=C(\C)c1ccc(N2CCCC2c2ccc3nc[nH]c3c2)cc1F. The number of ketones is 1. The number of aromatic amines is 1. The van der Waals surface area contributed by atoms with Crippen molar-refractivity contribution in [3.05, 3.63) is 65.7 Å². The molecule has 5 heteroatoms. The molecule has 1 aliphatic heterocycles. The number of nitrogens with zero attached hydrogens (tertiary/aromatic N) is 2. The number of anilines is 1. The van der Waals surface area contributed by atoms with Gasteiger partial charge in [0.1, 0.15) is 5.82 Å². The van der Waals surface area contributed by atoms with Gasteiger partial charge in [0.25, 0.3) is 0 Å². The smallest absolute Gasteiger partial charge is 0.152 e. The van der Waals surface area contributed by atoms with E-state index >= 15 is 0 Å². The lowest BCUT2D eigenvalue weighted by Crippen LogP contribution is -2.22. The minimum absolute atomic E-state index is 0.0789. The van der Waals surface area contributed by atoms with Gasteiger partial charge in [-0.2, -0.15) is 0 Å². The molecule has 1 aliphatic rings. The van der Waals surface area contributed by atoms with E-state index in [0.717, 1.165) is 36.1 Å². The summed E-state index contributed by atoms with van der Waals surface area (Å²) >= 11 is 0. The van der Waals surface area contributed by atoms with Crippen LogP contribution < -0.4 is 4.90 Å². The first-order chi connectivity index (χ1) is 13.0. The molecule has 0 radical (unpaired) electrons. The van der Waals surface area contributed by atoms with Crippen molar-refractivity contribution in [2.24, 2.45) is 0 Å². The molecule has 0 bridgehead atoms. The van der Waals surface area contributed by atoms with E-state index in [0.29, 0.717) is 11.1 Å². The van der Waals surface area contributed by atoms with Gasteiger partial charge < -0.3 is 9.88 Å². The Bertz CT molecular complexity index is 1040. The molecule has 4 nitrogen and oxygen atoms in total.